The Morgan fingerprint density at radius 3 is 2.86 bits per heavy atom. The molecule has 0 spiro atoms. The third kappa shape index (κ3) is 4.94. The summed E-state index contributed by atoms with van der Waals surface area (Å²) in [6.07, 6.45) is 5.00. The molecular formula is C16H31N3O2. The highest BCUT2D eigenvalue weighted by molar-refractivity contribution is 5.82. The molecule has 5 heteroatoms. The number of carbonyl (C=O) groups is 1. The van der Waals surface area contributed by atoms with Crippen molar-refractivity contribution in [2.24, 2.45) is 0 Å². The molecule has 5 nitrogen and oxygen atoms in total. The number of piperidine rings is 1. The molecule has 2 heterocycles. The van der Waals surface area contributed by atoms with Crippen LogP contribution in [0.2, 0.25) is 0 Å². The van der Waals surface area contributed by atoms with Gasteiger partial charge in [-0.1, -0.05) is 6.42 Å². The molecular weight excluding hydrogens is 266 g/mol. The molecule has 3 atom stereocenters. The lowest BCUT2D eigenvalue weighted by atomic mass is 9.97. The van der Waals surface area contributed by atoms with Gasteiger partial charge in [-0.3, -0.25) is 9.69 Å². The number of nitrogens with zero attached hydrogens (tertiary/aromatic N) is 1. The Bertz CT molecular complexity index is 329. The van der Waals surface area contributed by atoms with Crippen LogP contribution in [0.25, 0.3) is 0 Å². The van der Waals surface area contributed by atoms with Crippen LogP contribution in [-0.4, -0.2) is 61.3 Å². The molecule has 0 bridgehead atoms. The smallest absolute Gasteiger partial charge is 0.239 e. The summed E-state index contributed by atoms with van der Waals surface area (Å²) in [7, 11) is 0. The molecule has 2 N–H and O–H groups in total. The molecule has 2 saturated heterocycles. The highest BCUT2D eigenvalue weighted by Gasteiger charge is 2.33. The van der Waals surface area contributed by atoms with Crippen LogP contribution >= 0.6 is 0 Å². The zero-order valence-corrected chi connectivity index (χ0v) is 13.7. The van der Waals surface area contributed by atoms with Crippen LogP contribution in [0.1, 0.15) is 46.5 Å². The maximum atomic E-state index is 12.4. The van der Waals surface area contributed by atoms with E-state index in [2.05, 4.69) is 22.5 Å². The van der Waals surface area contributed by atoms with Crippen molar-refractivity contribution in [1.29, 1.82) is 0 Å². The van der Waals surface area contributed by atoms with E-state index in [0.717, 1.165) is 26.1 Å². The first kappa shape index (κ1) is 16.7. The first-order valence-electron chi connectivity index (χ1n) is 8.45. The minimum atomic E-state index is -0.139. The van der Waals surface area contributed by atoms with Gasteiger partial charge in [0.05, 0.1) is 13.2 Å². The normalized spacial score (nSPS) is 29.3. The topological polar surface area (TPSA) is 53.6 Å². The van der Waals surface area contributed by atoms with Gasteiger partial charge in [-0.25, -0.2) is 0 Å². The van der Waals surface area contributed by atoms with E-state index in [1.165, 1.54) is 19.3 Å². The molecule has 0 aromatic carbocycles. The number of nitrogens with one attached hydrogen (secondary N) is 2. The highest BCUT2D eigenvalue weighted by Crippen LogP contribution is 2.19. The van der Waals surface area contributed by atoms with Crippen LogP contribution in [-0.2, 0) is 9.53 Å². The standard InChI is InChI=1S/C16H31N3O2/c1-12(2)18-16(20)15-11-21-9-8-19(15)13(3)10-14-6-4-5-7-17-14/h12-15,17H,4-11H2,1-3H3,(H,18,20). The SMILES string of the molecule is CC(C)NC(=O)C1COCCN1C(C)CC1CCCCN1. The van der Waals surface area contributed by atoms with Crippen LogP contribution < -0.4 is 10.6 Å². The zero-order chi connectivity index (χ0) is 15.2. The minimum Gasteiger partial charge on any atom is -0.378 e. The van der Waals surface area contributed by atoms with E-state index in [1.54, 1.807) is 0 Å². The van der Waals surface area contributed by atoms with Crippen molar-refractivity contribution in [3.05, 3.63) is 0 Å². The molecule has 3 unspecified atom stereocenters. The van der Waals surface area contributed by atoms with Crippen molar-refractivity contribution in [3.63, 3.8) is 0 Å². The van der Waals surface area contributed by atoms with E-state index >= 15 is 0 Å². The zero-order valence-electron chi connectivity index (χ0n) is 13.7. The van der Waals surface area contributed by atoms with Crippen molar-refractivity contribution in [1.82, 2.24) is 15.5 Å². The molecule has 0 aromatic rings. The summed E-state index contributed by atoms with van der Waals surface area (Å²) in [5, 5.41) is 6.63. The molecule has 0 aliphatic carbocycles. The summed E-state index contributed by atoms with van der Waals surface area (Å²) in [5.41, 5.74) is 0. The molecule has 2 fully saturated rings. The molecule has 2 aliphatic heterocycles. The maximum absolute atomic E-state index is 12.4. The molecule has 0 saturated carbocycles. The Morgan fingerprint density at radius 1 is 1.38 bits per heavy atom. The molecule has 21 heavy (non-hydrogen) atoms. The quantitative estimate of drug-likeness (QED) is 0.799. The summed E-state index contributed by atoms with van der Waals surface area (Å²) in [4.78, 5) is 14.7. The molecule has 2 rings (SSSR count). The summed E-state index contributed by atoms with van der Waals surface area (Å²) in [6, 6.07) is 1.05. The second-order valence-electron chi connectivity index (χ2n) is 6.72. The second-order valence-corrected chi connectivity index (χ2v) is 6.72. The fourth-order valence-electron chi connectivity index (χ4n) is 3.42. The van der Waals surface area contributed by atoms with Crippen molar-refractivity contribution < 1.29 is 9.53 Å². The number of hydrogen-bond acceptors (Lipinski definition) is 4. The van der Waals surface area contributed by atoms with E-state index in [0.29, 0.717) is 18.7 Å². The summed E-state index contributed by atoms with van der Waals surface area (Å²) < 4.78 is 5.54. The largest absolute Gasteiger partial charge is 0.378 e. The molecule has 0 aromatic heterocycles. The third-order valence-electron chi connectivity index (χ3n) is 4.51. The lowest BCUT2D eigenvalue weighted by molar-refractivity contribution is -0.135. The van der Waals surface area contributed by atoms with Gasteiger partial charge in [-0.05, 0) is 46.6 Å². The average molecular weight is 297 g/mol. The van der Waals surface area contributed by atoms with Crippen LogP contribution in [0, 0.1) is 0 Å². The van der Waals surface area contributed by atoms with Gasteiger partial charge < -0.3 is 15.4 Å². The Labute approximate surface area is 128 Å². The third-order valence-corrected chi connectivity index (χ3v) is 4.51. The van der Waals surface area contributed by atoms with Crippen LogP contribution in [0.5, 0.6) is 0 Å². The van der Waals surface area contributed by atoms with E-state index in [-0.39, 0.29) is 18.0 Å². The van der Waals surface area contributed by atoms with E-state index in [9.17, 15) is 4.79 Å². The Morgan fingerprint density at radius 2 is 2.19 bits per heavy atom. The van der Waals surface area contributed by atoms with Gasteiger partial charge >= 0.3 is 0 Å². The van der Waals surface area contributed by atoms with Crippen molar-refractivity contribution in [3.8, 4) is 0 Å². The lowest BCUT2D eigenvalue weighted by Crippen LogP contribution is -2.58. The number of hydrogen-bond donors (Lipinski definition) is 2. The summed E-state index contributed by atoms with van der Waals surface area (Å²) in [5.74, 6) is 0.105. The lowest BCUT2D eigenvalue weighted by Gasteiger charge is -2.40. The number of amides is 1. The molecule has 1 amide bonds. The van der Waals surface area contributed by atoms with E-state index < -0.39 is 0 Å². The molecule has 0 radical (unpaired) electrons. The average Bonchev–Trinajstić information content (AvgIpc) is 2.47. The predicted octanol–water partition coefficient (Wildman–Crippen LogP) is 1.13. The Hall–Kier alpha value is -0.650. The van der Waals surface area contributed by atoms with Gasteiger partial charge in [0, 0.05) is 24.7 Å². The van der Waals surface area contributed by atoms with Gasteiger partial charge in [0.1, 0.15) is 6.04 Å². The molecule has 2 aliphatic rings. The maximum Gasteiger partial charge on any atom is 0.239 e. The highest BCUT2D eigenvalue weighted by atomic mass is 16.5. The van der Waals surface area contributed by atoms with Crippen molar-refractivity contribution >= 4 is 5.91 Å². The fourth-order valence-corrected chi connectivity index (χ4v) is 3.42. The Balaban J connectivity index is 1.91. The van der Waals surface area contributed by atoms with E-state index in [1.807, 2.05) is 13.8 Å². The monoisotopic (exact) mass is 297 g/mol. The van der Waals surface area contributed by atoms with Crippen LogP contribution in [0.4, 0.5) is 0 Å². The van der Waals surface area contributed by atoms with Gasteiger partial charge in [-0.15, -0.1) is 0 Å². The summed E-state index contributed by atoms with van der Waals surface area (Å²) >= 11 is 0. The number of morpholine rings is 1. The fraction of sp³-hybridized carbons (Fsp3) is 0.938. The van der Waals surface area contributed by atoms with Crippen molar-refractivity contribution in [2.45, 2.75) is 70.6 Å². The van der Waals surface area contributed by atoms with Gasteiger partial charge in [0.2, 0.25) is 5.91 Å². The Kier molecular flexibility index (Phi) is 6.45. The van der Waals surface area contributed by atoms with Crippen LogP contribution in [0.3, 0.4) is 0 Å². The first-order valence-corrected chi connectivity index (χ1v) is 8.45. The van der Waals surface area contributed by atoms with Gasteiger partial charge in [-0.2, -0.15) is 0 Å². The number of ether oxygens (including phenoxy) is 1. The van der Waals surface area contributed by atoms with Gasteiger partial charge in [0.25, 0.3) is 0 Å². The summed E-state index contributed by atoms with van der Waals surface area (Å²) in [6.45, 7) is 9.48. The minimum absolute atomic E-state index is 0.105. The van der Waals surface area contributed by atoms with Crippen LogP contribution in [0.15, 0.2) is 0 Å². The van der Waals surface area contributed by atoms with E-state index in [4.69, 9.17) is 4.74 Å². The predicted molar refractivity (Wildman–Crippen MR) is 84.3 cm³/mol. The van der Waals surface area contributed by atoms with Gasteiger partial charge in [0.15, 0.2) is 0 Å². The number of carbonyl (C=O) groups excluding carboxylic acids is 1. The van der Waals surface area contributed by atoms with Crippen molar-refractivity contribution in [2.75, 3.05) is 26.3 Å². The number of rotatable bonds is 5. The molecule has 122 valence electrons. The second kappa shape index (κ2) is 8.11. The first-order chi connectivity index (χ1) is 10.1.